The van der Waals surface area contributed by atoms with E-state index in [2.05, 4.69) is 34.3 Å². The van der Waals surface area contributed by atoms with E-state index in [1.54, 1.807) is 0 Å². The van der Waals surface area contributed by atoms with Crippen molar-refractivity contribution in [3.8, 4) is 17.0 Å². The summed E-state index contributed by atoms with van der Waals surface area (Å²) < 4.78 is 5.63. The molecule has 0 unspecified atom stereocenters. The predicted octanol–water partition coefficient (Wildman–Crippen LogP) is 3.61. The zero-order chi connectivity index (χ0) is 16.8. The number of nitrogen functional groups attached to an aromatic ring is 1. The third kappa shape index (κ3) is 2.16. The van der Waals surface area contributed by atoms with E-state index < -0.39 is 0 Å². The Hall–Kier alpha value is -2.82. The van der Waals surface area contributed by atoms with Crippen LogP contribution in [0.4, 0.5) is 11.4 Å². The Bertz CT molecular complexity index is 965. The number of pyridine rings is 2. The number of rotatable bonds is 1. The average molecular weight is 320 g/mol. The van der Waals surface area contributed by atoms with Gasteiger partial charge in [-0.1, -0.05) is 0 Å². The van der Waals surface area contributed by atoms with Gasteiger partial charge in [0.1, 0.15) is 12.3 Å². The van der Waals surface area contributed by atoms with Crippen LogP contribution in [0.25, 0.3) is 21.9 Å². The van der Waals surface area contributed by atoms with Crippen LogP contribution in [0, 0.1) is 20.8 Å². The zero-order valence-corrected chi connectivity index (χ0v) is 14.1. The first kappa shape index (κ1) is 14.8. The average Bonchev–Trinajstić information content (AvgIpc) is 2.59. The van der Waals surface area contributed by atoms with Crippen molar-refractivity contribution in [2.75, 3.05) is 24.2 Å². The van der Waals surface area contributed by atoms with E-state index in [1.807, 2.05) is 26.2 Å². The van der Waals surface area contributed by atoms with Crippen molar-refractivity contribution in [1.29, 1.82) is 0 Å². The van der Waals surface area contributed by atoms with Gasteiger partial charge in [-0.15, -0.1) is 0 Å². The number of aryl methyl sites for hydroxylation is 1. The molecule has 4 rings (SSSR count). The molecule has 5 heteroatoms. The molecule has 3 N–H and O–H groups in total. The number of ether oxygens (including phenoxy) is 1. The first-order valence-electron chi connectivity index (χ1n) is 8.08. The minimum absolute atomic E-state index is 0.646. The summed E-state index contributed by atoms with van der Waals surface area (Å²) in [5.41, 5.74) is 13.5. The van der Waals surface area contributed by atoms with Crippen molar-refractivity contribution in [2.45, 2.75) is 20.8 Å². The van der Waals surface area contributed by atoms with E-state index >= 15 is 0 Å². The fourth-order valence-corrected chi connectivity index (χ4v) is 3.31. The van der Waals surface area contributed by atoms with Crippen molar-refractivity contribution >= 4 is 22.1 Å². The molecule has 0 fully saturated rings. The Morgan fingerprint density at radius 1 is 1.04 bits per heavy atom. The molecule has 0 bridgehead atoms. The zero-order valence-electron chi connectivity index (χ0n) is 14.1. The van der Waals surface area contributed by atoms with E-state index in [9.17, 15) is 0 Å². The predicted molar refractivity (Wildman–Crippen MR) is 97.6 cm³/mol. The standard InChI is InChI=1S/C19H20N4O/c1-10-6-13-7-14(11(2)17(20)16(13)9-22-10)15-8-23-19-18(12(15)3)21-4-5-24-19/h6-9,21H,4-5,20H2,1-3H3. The SMILES string of the molecule is Cc1cc2cc(-c3cnc4c(c3C)NCCO4)c(C)c(N)c2cn1. The van der Waals surface area contributed by atoms with Crippen molar-refractivity contribution in [3.05, 3.63) is 41.3 Å². The molecule has 2 aromatic heterocycles. The highest BCUT2D eigenvalue weighted by molar-refractivity contribution is 5.99. The lowest BCUT2D eigenvalue weighted by molar-refractivity contribution is 0.310. The molecule has 0 aliphatic carbocycles. The van der Waals surface area contributed by atoms with Gasteiger partial charge in [-0.3, -0.25) is 4.98 Å². The van der Waals surface area contributed by atoms with Crippen LogP contribution in [0.5, 0.6) is 5.88 Å². The smallest absolute Gasteiger partial charge is 0.237 e. The molecule has 24 heavy (non-hydrogen) atoms. The van der Waals surface area contributed by atoms with Gasteiger partial charge in [-0.2, -0.15) is 0 Å². The van der Waals surface area contributed by atoms with E-state index in [0.29, 0.717) is 12.5 Å². The Kier molecular flexibility index (Phi) is 3.30. The second kappa shape index (κ2) is 5.37. The van der Waals surface area contributed by atoms with Crippen molar-refractivity contribution in [1.82, 2.24) is 9.97 Å². The van der Waals surface area contributed by atoms with Gasteiger partial charge in [0.2, 0.25) is 5.88 Å². The van der Waals surface area contributed by atoms with Crippen LogP contribution in [0.15, 0.2) is 24.5 Å². The minimum Gasteiger partial charge on any atom is -0.474 e. The van der Waals surface area contributed by atoms with Gasteiger partial charge in [0.25, 0.3) is 0 Å². The second-order valence-corrected chi connectivity index (χ2v) is 6.26. The van der Waals surface area contributed by atoms with Gasteiger partial charge in [0.15, 0.2) is 0 Å². The highest BCUT2D eigenvalue weighted by Crippen LogP contribution is 2.39. The summed E-state index contributed by atoms with van der Waals surface area (Å²) in [5, 5.41) is 5.48. The summed E-state index contributed by atoms with van der Waals surface area (Å²) in [6, 6.07) is 4.24. The van der Waals surface area contributed by atoms with Crippen LogP contribution in [0.3, 0.4) is 0 Å². The summed E-state index contributed by atoms with van der Waals surface area (Å²) in [5.74, 6) is 0.675. The summed E-state index contributed by atoms with van der Waals surface area (Å²) in [4.78, 5) is 8.85. The third-order valence-electron chi connectivity index (χ3n) is 4.71. The molecule has 0 radical (unpaired) electrons. The summed E-state index contributed by atoms with van der Waals surface area (Å²) in [6.45, 7) is 7.57. The molecule has 122 valence electrons. The van der Waals surface area contributed by atoms with Crippen LogP contribution >= 0.6 is 0 Å². The van der Waals surface area contributed by atoms with E-state index in [-0.39, 0.29) is 0 Å². The van der Waals surface area contributed by atoms with Gasteiger partial charge in [0.05, 0.1) is 0 Å². The molecule has 1 aliphatic rings. The Morgan fingerprint density at radius 2 is 1.88 bits per heavy atom. The monoisotopic (exact) mass is 320 g/mol. The molecule has 0 amide bonds. The van der Waals surface area contributed by atoms with Crippen LogP contribution in [-0.2, 0) is 0 Å². The molecule has 0 atom stereocenters. The molecular formula is C19H20N4O. The van der Waals surface area contributed by atoms with E-state index in [1.165, 1.54) is 0 Å². The lowest BCUT2D eigenvalue weighted by Gasteiger charge is -2.22. The molecule has 3 heterocycles. The van der Waals surface area contributed by atoms with Crippen LogP contribution < -0.4 is 15.8 Å². The molecule has 1 aromatic carbocycles. The van der Waals surface area contributed by atoms with Gasteiger partial charge < -0.3 is 15.8 Å². The molecule has 0 saturated carbocycles. The number of fused-ring (bicyclic) bond motifs is 2. The van der Waals surface area contributed by atoms with Gasteiger partial charge in [-0.25, -0.2) is 4.98 Å². The molecule has 5 nitrogen and oxygen atoms in total. The number of hydrogen-bond donors (Lipinski definition) is 2. The van der Waals surface area contributed by atoms with E-state index in [0.717, 1.165) is 56.6 Å². The largest absolute Gasteiger partial charge is 0.474 e. The first-order valence-corrected chi connectivity index (χ1v) is 8.08. The number of nitrogens with two attached hydrogens (primary N) is 1. The Morgan fingerprint density at radius 3 is 2.71 bits per heavy atom. The lowest BCUT2D eigenvalue weighted by atomic mass is 9.93. The number of nitrogens with one attached hydrogen (secondary N) is 1. The first-order chi connectivity index (χ1) is 11.6. The third-order valence-corrected chi connectivity index (χ3v) is 4.71. The molecular weight excluding hydrogens is 300 g/mol. The van der Waals surface area contributed by atoms with Gasteiger partial charge in [-0.05, 0) is 55.0 Å². The van der Waals surface area contributed by atoms with Crippen LogP contribution in [0.2, 0.25) is 0 Å². The van der Waals surface area contributed by atoms with Crippen LogP contribution in [0.1, 0.15) is 16.8 Å². The number of anilines is 2. The highest BCUT2D eigenvalue weighted by atomic mass is 16.5. The van der Waals surface area contributed by atoms with Crippen molar-refractivity contribution in [2.24, 2.45) is 0 Å². The van der Waals surface area contributed by atoms with Crippen LogP contribution in [-0.4, -0.2) is 23.1 Å². The topological polar surface area (TPSA) is 73.1 Å². The number of nitrogens with zero attached hydrogens (tertiary/aromatic N) is 2. The number of benzene rings is 1. The number of aromatic nitrogens is 2. The number of hydrogen-bond acceptors (Lipinski definition) is 5. The quantitative estimate of drug-likeness (QED) is 0.670. The second-order valence-electron chi connectivity index (χ2n) is 6.26. The van der Waals surface area contributed by atoms with Crippen molar-refractivity contribution in [3.63, 3.8) is 0 Å². The minimum atomic E-state index is 0.646. The lowest BCUT2D eigenvalue weighted by Crippen LogP contribution is -2.20. The molecule has 1 aliphatic heterocycles. The summed E-state index contributed by atoms with van der Waals surface area (Å²) in [7, 11) is 0. The Labute approximate surface area is 140 Å². The maximum absolute atomic E-state index is 6.39. The molecule has 0 spiro atoms. The van der Waals surface area contributed by atoms with Gasteiger partial charge in [0, 0.05) is 41.3 Å². The molecule has 0 saturated heterocycles. The summed E-state index contributed by atoms with van der Waals surface area (Å²) in [6.07, 6.45) is 3.73. The fraction of sp³-hybridized carbons (Fsp3) is 0.263. The normalized spacial score (nSPS) is 13.3. The van der Waals surface area contributed by atoms with Crippen molar-refractivity contribution < 1.29 is 4.74 Å². The Balaban J connectivity index is 1.98. The highest BCUT2D eigenvalue weighted by Gasteiger charge is 2.19. The summed E-state index contributed by atoms with van der Waals surface area (Å²) >= 11 is 0. The van der Waals surface area contributed by atoms with E-state index in [4.69, 9.17) is 10.5 Å². The fourth-order valence-electron chi connectivity index (χ4n) is 3.31. The van der Waals surface area contributed by atoms with Gasteiger partial charge >= 0.3 is 0 Å². The maximum atomic E-state index is 6.39. The maximum Gasteiger partial charge on any atom is 0.237 e. The molecule has 3 aromatic rings.